The lowest BCUT2D eigenvalue weighted by atomic mass is 10.0. The number of halogens is 2. The van der Waals surface area contributed by atoms with Crippen LogP contribution in [0, 0.1) is 0 Å². The summed E-state index contributed by atoms with van der Waals surface area (Å²) in [7, 11) is 0. The molecule has 0 N–H and O–H groups in total. The zero-order chi connectivity index (χ0) is 11.8. The molecule has 0 aliphatic carbocycles. The molecule has 1 nitrogen and oxygen atoms in total. The van der Waals surface area contributed by atoms with E-state index in [1.54, 1.807) is 0 Å². The van der Waals surface area contributed by atoms with Crippen LogP contribution in [0.15, 0.2) is 24.3 Å². The van der Waals surface area contributed by atoms with Crippen LogP contribution in [0.25, 0.3) is 0 Å². The van der Waals surface area contributed by atoms with E-state index in [2.05, 4.69) is 17.0 Å². The molecule has 1 aromatic rings. The first-order valence-electron chi connectivity index (χ1n) is 6.36. The zero-order valence-corrected chi connectivity index (χ0v) is 11.3. The quantitative estimate of drug-likeness (QED) is 0.732. The van der Waals surface area contributed by atoms with Gasteiger partial charge in [-0.3, -0.25) is 4.90 Å². The lowest BCUT2D eigenvalue weighted by Crippen LogP contribution is -2.42. The summed E-state index contributed by atoms with van der Waals surface area (Å²) >= 11 is 12.2. The number of piperidine rings is 1. The van der Waals surface area contributed by atoms with Crippen LogP contribution in [0.1, 0.15) is 31.2 Å². The number of benzene rings is 1. The van der Waals surface area contributed by atoms with E-state index in [0.717, 1.165) is 24.4 Å². The second-order valence-electron chi connectivity index (χ2n) is 5.25. The molecule has 2 aliphatic rings. The monoisotopic (exact) mass is 269 g/mol. The van der Waals surface area contributed by atoms with E-state index in [1.165, 1.54) is 18.4 Å². The standard InChI is InChI=1S/C14H17Cl2N/c15-11-3-1-10(2-4-11)9-17-13-5-6-14(17)8-12(16)7-13/h1-4,12-14H,5-9H2. The van der Waals surface area contributed by atoms with Gasteiger partial charge < -0.3 is 0 Å². The van der Waals surface area contributed by atoms with E-state index in [9.17, 15) is 0 Å². The Morgan fingerprint density at radius 3 is 2.24 bits per heavy atom. The summed E-state index contributed by atoms with van der Waals surface area (Å²) in [5, 5.41) is 1.21. The molecule has 0 saturated carbocycles. The van der Waals surface area contributed by atoms with Crippen LogP contribution in [-0.4, -0.2) is 22.4 Å². The molecule has 92 valence electrons. The molecule has 3 rings (SSSR count). The minimum Gasteiger partial charge on any atom is -0.293 e. The maximum Gasteiger partial charge on any atom is 0.0406 e. The van der Waals surface area contributed by atoms with Gasteiger partial charge in [0.15, 0.2) is 0 Å². The highest BCUT2D eigenvalue weighted by molar-refractivity contribution is 6.30. The first-order valence-corrected chi connectivity index (χ1v) is 7.18. The molecule has 2 aliphatic heterocycles. The third-order valence-corrected chi connectivity index (χ3v) is 4.71. The Bertz CT molecular complexity index is 376. The highest BCUT2D eigenvalue weighted by Gasteiger charge is 2.39. The minimum absolute atomic E-state index is 0.397. The number of hydrogen-bond donors (Lipinski definition) is 0. The van der Waals surface area contributed by atoms with E-state index in [4.69, 9.17) is 23.2 Å². The van der Waals surface area contributed by atoms with Crippen LogP contribution in [0.3, 0.4) is 0 Å². The Morgan fingerprint density at radius 2 is 1.65 bits per heavy atom. The number of fused-ring (bicyclic) bond motifs is 2. The fraction of sp³-hybridized carbons (Fsp3) is 0.571. The van der Waals surface area contributed by atoms with E-state index < -0.39 is 0 Å². The van der Waals surface area contributed by atoms with Gasteiger partial charge in [0.1, 0.15) is 0 Å². The molecule has 17 heavy (non-hydrogen) atoms. The van der Waals surface area contributed by atoms with E-state index >= 15 is 0 Å². The summed E-state index contributed by atoms with van der Waals surface area (Å²) in [6.45, 7) is 1.05. The first kappa shape index (κ1) is 11.8. The van der Waals surface area contributed by atoms with E-state index in [0.29, 0.717) is 17.5 Å². The lowest BCUT2D eigenvalue weighted by Gasteiger charge is -2.37. The van der Waals surface area contributed by atoms with Crippen molar-refractivity contribution in [2.45, 2.75) is 49.7 Å². The summed E-state index contributed by atoms with van der Waals surface area (Å²) in [4.78, 5) is 2.64. The van der Waals surface area contributed by atoms with Gasteiger partial charge in [0.25, 0.3) is 0 Å². The smallest absolute Gasteiger partial charge is 0.0406 e. The molecule has 0 spiro atoms. The van der Waals surface area contributed by atoms with E-state index in [-0.39, 0.29) is 0 Å². The number of rotatable bonds is 2. The summed E-state index contributed by atoms with van der Waals surface area (Å²) in [6, 6.07) is 9.63. The molecular formula is C14H17Cl2N. The van der Waals surface area contributed by atoms with Gasteiger partial charge in [-0.1, -0.05) is 23.7 Å². The molecule has 2 bridgehead atoms. The molecule has 0 radical (unpaired) electrons. The third kappa shape index (κ3) is 2.47. The Kier molecular flexibility index (Phi) is 3.34. The van der Waals surface area contributed by atoms with Crippen LogP contribution in [0.5, 0.6) is 0 Å². The summed E-state index contributed by atoms with van der Waals surface area (Å²) in [5.41, 5.74) is 1.36. The normalized spacial score (nSPS) is 32.9. The van der Waals surface area contributed by atoms with Crippen molar-refractivity contribution in [2.24, 2.45) is 0 Å². The van der Waals surface area contributed by atoms with Crippen molar-refractivity contribution < 1.29 is 0 Å². The van der Waals surface area contributed by atoms with Crippen LogP contribution in [0.4, 0.5) is 0 Å². The highest BCUT2D eigenvalue weighted by atomic mass is 35.5. The molecule has 1 aromatic carbocycles. The van der Waals surface area contributed by atoms with Gasteiger partial charge in [-0.2, -0.15) is 0 Å². The fourth-order valence-electron chi connectivity index (χ4n) is 3.27. The summed E-state index contributed by atoms with van der Waals surface area (Å²) < 4.78 is 0. The average Bonchev–Trinajstić information content (AvgIpc) is 2.56. The fourth-order valence-corrected chi connectivity index (χ4v) is 3.80. The molecule has 2 heterocycles. The van der Waals surface area contributed by atoms with Crippen LogP contribution >= 0.6 is 23.2 Å². The van der Waals surface area contributed by atoms with Crippen molar-refractivity contribution in [2.75, 3.05) is 0 Å². The Morgan fingerprint density at radius 1 is 1.06 bits per heavy atom. The van der Waals surface area contributed by atoms with Gasteiger partial charge in [0, 0.05) is 29.0 Å². The molecular weight excluding hydrogens is 253 g/mol. The zero-order valence-electron chi connectivity index (χ0n) is 9.78. The minimum atomic E-state index is 0.397. The molecule has 2 fully saturated rings. The highest BCUT2D eigenvalue weighted by Crippen LogP contribution is 2.38. The lowest BCUT2D eigenvalue weighted by molar-refractivity contribution is 0.134. The van der Waals surface area contributed by atoms with Gasteiger partial charge in [-0.05, 0) is 43.4 Å². The van der Waals surface area contributed by atoms with Crippen molar-refractivity contribution in [3.63, 3.8) is 0 Å². The predicted molar refractivity (Wildman–Crippen MR) is 72.7 cm³/mol. The predicted octanol–water partition coefficient (Wildman–Crippen LogP) is 4.07. The van der Waals surface area contributed by atoms with Crippen molar-refractivity contribution in [1.29, 1.82) is 0 Å². The van der Waals surface area contributed by atoms with Gasteiger partial charge in [-0.25, -0.2) is 0 Å². The van der Waals surface area contributed by atoms with Gasteiger partial charge in [-0.15, -0.1) is 11.6 Å². The number of hydrogen-bond acceptors (Lipinski definition) is 1. The van der Waals surface area contributed by atoms with Gasteiger partial charge in [0.2, 0.25) is 0 Å². The first-order chi connectivity index (χ1) is 8.22. The molecule has 2 saturated heterocycles. The molecule has 2 unspecified atom stereocenters. The maximum atomic E-state index is 6.29. The third-order valence-electron chi connectivity index (χ3n) is 4.11. The summed E-state index contributed by atoms with van der Waals surface area (Å²) in [5.74, 6) is 0. The van der Waals surface area contributed by atoms with Crippen molar-refractivity contribution in [1.82, 2.24) is 4.90 Å². The molecule has 3 heteroatoms. The van der Waals surface area contributed by atoms with Crippen molar-refractivity contribution >= 4 is 23.2 Å². The SMILES string of the molecule is Clc1ccc(CN2C3CCC2CC(Cl)C3)cc1. The van der Waals surface area contributed by atoms with Crippen LogP contribution in [-0.2, 0) is 6.54 Å². The summed E-state index contributed by atoms with van der Waals surface area (Å²) in [6.07, 6.45) is 4.96. The maximum absolute atomic E-state index is 6.29. The molecule has 2 atom stereocenters. The van der Waals surface area contributed by atoms with Crippen LogP contribution < -0.4 is 0 Å². The number of alkyl halides is 1. The van der Waals surface area contributed by atoms with Gasteiger partial charge >= 0.3 is 0 Å². The molecule has 0 amide bonds. The van der Waals surface area contributed by atoms with E-state index in [1.807, 2.05) is 12.1 Å². The largest absolute Gasteiger partial charge is 0.293 e. The average molecular weight is 270 g/mol. The number of nitrogens with zero attached hydrogens (tertiary/aromatic N) is 1. The second kappa shape index (κ2) is 4.79. The molecule has 0 aromatic heterocycles. The van der Waals surface area contributed by atoms with Crippen molar-refractivity contribution in [3.05, 3.63) is 34.9 Å². The van der Waals surface area contributed by atoms with Gasteiger partial charge in [0.05, 0.1) is 0 Å². The second-order valence-corrected chi connectivity index (χ2v) is 6.31. The topological polar surface area (TPSA) is 3.24 Å². The Hall–Kier alpha value is -0.240. The van der Waals surface area contributed by atoms with Crippen molar-refractivity contribution in [3.8, 4) is 0 Å². The Balaban J connectivity index is 1.72. The van der Waals surface area contributed by atoms with Crippen LogP contribution in [0.2, 0.25) is 5.02 Å². The Labute approximate surface area is 113 Å².